The summed E-state index contributed by atoms with van der Waals surface area (Å²) in [4.78, 5) is 34.0. The number of urea groups is 1. The molecule has 0 aliphatic carbocycles. The third-order valence-corrected chi connectivity index (χ3v) is 15.6. The molecule has 3 fully saturated rings. The molecule has 1 aromatic carbocycles. The fourth-order valence-electron chi connectivity index (χ4n) is 11.2. The van der Waals surface area contributed by atoms with Gasteiger partial charge in [0.15, 0.2) is 24.1 Å². The number of cyclic esters (lactones) is 1. The number of aliphatic hydroxyl groups is 5. The van der Waals surface area contributed by atoms with Crippen LogP contribution in [0.15, 0.2) is 12.1 Å². The van der Waals surface area contributed by atoms with E-state index in [1.54, 1.807) is 60.6 Å². The number of benzene rings is 1. The molecule has 0 bridgehead atoms. The molecule has 18 atom stereocenters. The summed E-state index contributed by atoms with van der Waals surface area (Å²) in [6.45, 7) is 18.1. The van der Waals surface area contributed by atoms with Gasteiger partial charge in [-0.05, 0) is 94.2 Å². The molecular formula is C53H91N5O16. The van der Waals surface area contributed by atoms with Crippen molar-refractivity contribution in [3.63, 3.8) is 0 Å². The molecule has 0 spiro atoms. The third kappa shape index (κ3) is 15.1. The van der Waals surface area contributed by atoms with Crippen molar-refractivity contribution in [1.29, 1.82) is 5.26 Å². The molecule has 3 aliphatic heterocycles. The Balaban J connectivity index is 1.77. The van der Waals surface area contributed by atoms with Gasteiger partial charge < -0.3 is 83.3 Å². The molecule has 1 aromatic rings. The molecule has 3 saturated heterocycles. The van der Waals surface area contributed by atoms with Gasteiger partial charge in [-0.2, -0.15) is 5.26 Å². The van der Waals surface area contributed by atoms with Crippen LogP contribution in [0.25, 0.3) is 0 Å². The quantitative estimate of drug-likeness (QED) is 0.120. The summed E-state index contributed by atoms with van der Waals surface area (Å²) in [6, 6.07) is 3.71. The number of esters is 1. The fourth-order valence-corrected chi connectivity index (χ4v) is 11.2. The molecule has 3 heterocycles. The number of amides is 2. The van der Waals surface area contributed by atoms with E-state index in [0.29, 0.717) is 35.8 Å². The van der Waals surface area contributed by atoms with E-state index >= 15 is 0 Å². The van der Waals surface area contributed by atoms with Gasteiger partial charge in [-0.1, -0.05) is 20.8 Å². The Bertz CT molecular complexity index is 1970. The summed E-state index contributed by atoms with van der Waals surface area (Å²) in [5.74, 6) is -2.05. The van der Waals surface area contributed by atoms with Crippen LogP contribution in [0.5, 0.6) is 17.2 Å². The van der Waals surface area contributed by atoms with Gasteiger partial charge in [0.25, 0.3) is 0 Å². The van der Waals surface area contributed by atoms with Crippen molar-refractivity contribution in [2.75, 3.05) is 74.0 Å². The number of carbonyl (C=O) groups excluding carboxylic acids is 2. The second kappa shape index (κ2) is 27.1. The molecule has 21 heteroatoms. The highest BCUT2D eigenvalue weighted by Crippen LogP contribution is 2.42. The van der Waals surface area contributed by atoms with Gasteiger partial charge in [-0.25, -0.2) is 4.79 Å². The molecule has 424 valence electrons. The van der Waals surface area contributed by atoms with Crippen molar-refractivity contribution in [1.82, 2.24) is 14.7 Å². The van der Waals surface area contributed by atoms with Crippen LogP contribution in [0.3, 0.4) is 0 Å². The van der Waals surface area contributed by atoms with E-state index in [4.69, 9.17) is 42.6 Å². The number of nitrogens with one attached hydrogen (secondary N) is 1. The van der Waals surface area contributed by atoms with Gasteiger partial charge in [-0.15, -0.1) is 0 Å². The van der Waals surface area contributed by atoms with Crippen molar-refractivity contribution in [3.8, 4) is 23.3 Å². The first-order chi connectivity index (χ1) is 34.6. The van der Waals surface area contributed by atoms with Crippen molar-refractivity contribution in [2.45, 2.75) is 198 Å². The summed E-state index contributed by atoms with van der Waals surface area (Å²) in [5, 5.41) is 72.9. The number of hydrogen-bond acceptors (Lipinski definition) is 19. The van der Waals surface area contributed by atoms with E-state index in [0.717, 1.165) is 0 Å². The zero-order valence-electron chi connectivity index (χ0n) is 46.9. The Kier molecular flexibility index (Phi) is 23.0. The van der Waals surface area contributed by atoms with Crippen LogP contribution in [-0.4, -0.2) is 211 Å². The van der Waals surface area contributed by atoms with Crippen LogP contribution in [-0.2, 0) is 33.2 Å². The number of rotatable bonds is 17. The monoisotopic (exact) mass is 1050 g/mol. The average Bonchev–Trinajstić information content (AvgIpc) is 3.34. The van der Waals surface area contributed by atoms with Gasteiger partial charge in [0.2, 0.25) is 5.75 Å². The predicted octanol–water partition coefficient (Wildman–Crippen LogP) is 4.13. The second-order valence-corrected chi connectivity index (χ2v) is 21.8. The molecule has 0 saturated carbocycles. The SMILES string of the molecule is CC[C@H]1OC(=O)[C@H](C)[C@@H](O[C@H]2C[C@@](C)(OC)[C@@H](O)[C@H](C)O2)[C@H](C)[C@@H](O[C@@H]2O[C@H](C)C[C@H](N(C)C)[C@H]2O)[C@](C)(O)C[C@@H](C)CN(CCCN(CCC#N)C(=O)Nc2cc(OC)c(OC)c(OC)c2)[C@H](C)[C@@H](O)[C@]1(C)O. The van der Waals surface area contributed by atoms with Crippen LogP contribution in [0.4, 0.5) is 10.5 Å². The lowest BCUT2D eigenvalue weighted by atomic mass is 9.77. The first kappa shape index (κ1) is 62.9. The van der Waals surface area contributed by atoms with Crippen LogP contribution >= 0.6 is 0 Å². The number of likely N-dealkylation sites (N-methyl/N-ethyl adjacent to an activating group) is 1. The van der Waals surface area contributed by atoms with Crippen molar-refractivity contribution < 1.29 is 77.8 Å². The number of anilines is 1. The van der Waals surface area contributed by atoms with Gasteiger partial charge in [0.1, 0.15) is 30.0 Å². The minimum Gasteiger partial charge on any atom is -0.493 e. The van der Waals surface area contributed by atoms with Crippen molar-refractivity contribution in [3.05, 3.63) is 12.1 Å². The highest BCUT2D eigenvalue weighted by Gasteiger charge is 2.53. The number of aliphatic hydroxyl groups excluding tert-OH is 3. The molecule has 21 nitrogen and oxygen atoms in total. The largest absolute Gasteiger partial charge is 0.493 e. The summed E-state index contributed by atoms with van der Waals surface area (Å²) >= 11 is 0. The van der Waals surface area contributed by atoms with E-state index in [1.165, 1.54) is 40.3 Å². The number of methoxy groups -OCH3 is 4. The Morgan fingerprint density at radius 3 is 2.11 bits per heavy atom. The first-order valence-corrected chi connectivity index (χ1v) is 26.1. The van der Waals surface area contributed by atoms with Crippen molar-refractivity contribution in [2.24, 2.45) is 17.8 Å². The summed E-state index contributed by atoms with van der Waals surface area (Å²) in [7, 11) is 9.62. The van der Waals surface area contributed by atoms with E-state index in [9.17, 15) is 40.4 Å². The highest BCUT2D eigenvalue weighted by molar-refractivity contribution is 5.90. The maximum Gasteiger partial charge on any atom is 0.321 e. The van der Waals surface area contributed by atoms with Gasteiger partial charge in [0.05, 0.1) is 81.0 Å². The van der Waals surface area contributed by atoms with E-state index in [1.807, 2.05) is 37.7 Å². The molecule has 2 amide bonds. The smallest absolute Gasteiger partial charge is 0.321 e. The lowest BCUT2D eigenvalue weighted by molar-refractivity contribution is -0.318. The lowest BCUT2D eigenvalue weighted by Crippen LogP contribution is -2.60. The first-order valence-electron chi connectivity index (χ1n) is 26.1. The molecule has 3 aliphatic rings. The van der Waals surface area contributed by atoms with Gasteiger partial charge in [0, 0.05) is 69.8 Å². The summed E-state index contributed by atoms with van der Waals surface area (Å²) in [5.41, 5.74) is -4.43. The number of nitrogens with zero attached hydrogens (tertiary/aromatic N) is 4. The Labute approximate surface area is 439 Å². The molecule has 0 radical (unpaired) electrons. The fraction of sp³-hybridized carbons (Fsp3) is 0.830. The molecule has 74 heavy (non-hydrogen) atoms. The zero-order valence-corrected chi connectivity index (χ0v) is 46.9. The molecule has 4 rings (SSSR count). The molecule has 6 N–H and O–H groups in total. The van der Waals surface area contributed by atoms with Gasteiger partial charge >= 0.3 is 12.0 Å². The normalized spacial score (nSPS) is 38.0. The average molecular weight is 1050 g/mol. The van der Waals surface area contributed by atoms with E-state index in [2.05, 4.69) is 11.4 Å². The maximum atomic E-state index is 14.7. The number of ether oxygens (including phenoxy) is 9. The second-order valence-electron chi connectivity index (χ2n) is 21.8. The summed E-state index contributed by atoms with van der Waals surface area (Å²) in [6.07, 6.45) is -9.19. The van der Waals surface area contributed by atoms with Gasteiger partial charge in [-0.3, -0.25) is 9.69 Å². The summed E-state index contributed by atoms with van der Waals surface area (Å²) < 4.78 is 54.6. The maximum absolute atomic E-state index is 14.7. The molecule has 0 unspecified atom stereocenters. The molecule has 0 aromatic heterocycles. The third-order valence-electron chi connectivity index (χ3n) is 15.6. The Morgan fingerprint density at radius 2 is 1.55 bits per heavy atom. The van der Waals surface area contributed by atoms with Crippen LogP contribution in [0.1, 0.15) is 108 Å². The lowest BCUT2D eigenvalue weighted by Gasteiger charge is -2.48. The van der Waals surface area contributed by atoms with Crippen LogP contribution in [0.2, 0.25) is 0 Å². The highest BCUT2D eigenvalue weighted by atomic mass is 16.7. The van der Waals surface area contributed by atoms with Crippen molar-refractivity contribution >= 4 is 17.7 Å². The predicted molar refractivity (Wildman–Crippen MR) is 275 cm³/mol. The van der Waals surface area contributed by atoms with E-state index in [-0.39, 0.29) is 69.9 Å². The molecular weight excluding hydrogens is 963 g/mol. The Hall–Kier alpha value is -3.63. The topological polar surface area (TPSA) is 264 Å². The number of hydrogen-bond donors (Lipinski definition) is 6. The minimum absolute atomic E-state index is 0.0555. The minimum atomic E-state index is -1.99. The standard InChI is InChI=1S/C53H91N5O16/c1-17-40-53(10,65)45(60)34(6)58(23-19-22-57(21-18-20-54)50(63)55-36-25-38(66-13)44(68-15)39(26-36)67-14)29-30(2)27-51(8,64)47(74-49-42(59)37(56(11)12)24-31(3)70-49)32(4)43(33(5)48(62)72-40)73-41-28-52(9,69-16)46(61)35(7)71-41/h25-26,30-35,37,40-43,45-47,49,59-61,64-65H,17-19,21-24,27-29H2,1-16H3,(H,55,63)/t30-,31-,32+,33-,34-,35+,37+,40-,41+,42-,43+,45-,46+,47-,49+,51-,52-,53-/m1/s1. The van der Waals surface area contributed by atoms with Crippen LogP contribution in [0, 0.1) is 29.1 Å². The van der Waals surface area contributed by atoms with E-state index < -0.39 is 102 Å². The Morgan fingerprint density at radius 1 is 0.919 bits per heavy atom. The van der Waals surface area contributed by atoms with Crippen LogP contribution < -0.4 is 19.5 Å². The number of nitriles is 1. The number of carbonyl (C=O) groups is 2. The zero-order chi connectivity index (χ0) is 55.6.